The van der Waals surface area contributed by atoms with Gasteiger partial charge in [0.05, 0.1) is 46.2 Å². The average molecular weight is 1200 g/mol. The van der Waals surface area contributed by atoms with E-state index in [1.54, 1.807) is 0 Å². The Hall–Kier alpha value is -1.40. The van der Waals surface area contributed by atoms with E-state index in [-0.39, 0.29) is 8.56 Å². The largest absolute Gasteiger partial charge is 0.394 e. The SMILES string of the molecule is C1CCC1.OCC1OC2OC3C(CO)OC(OC4C(CO)OC(OC5C(CO)OC(OC6C(CO)OC(OC7C(CO)OC(OC8C(CO)OC(OC1C(O)C2O)C(O)C8O)C(O)C7O)C(O)C6O)C(O)C5O)C(O)C4O)C(O)C3O.[HH].[HH].[HH].[HH].[HH].[HH]. The summed E-state index contributed by atoms with van der Waals surface area (Å²) in [6.07, 6.45) is -64.2. The Morgan fingerprint density at radius 2 is 0.296 bits per heavy atom. The molecular weight excluding hydrogens is 1110 g/mol. The lowest BCUT2D eigenvalue weighted by atomic mass is 9.95. The topological polar surface area (TPSA) is 554 Å². The lowest BCUT2D eigenvalue weighted by Crippen LogP contribution is -2.68. The molecule has 0 aromatic rings. The predicted molar refractivity (Wildman–Crippen MR) is 260 cm³/mol. The van der Waals surface area contributed by atoms with E-state index in [0.717, 1.165) is 0 Å². The highest BCUT2D eigenvalue weighted by Gasteiger charge is 2.59. The number of aliphatic hydroxyl groups is 21. The molecule has 1 saturated carbocycles. The number of hydrogen-bond acceptors (Lipinski definition) is 35. The molecule has 22 fully saturated rings. The van der Waals surface area contributed by atoms with Crippen LogP contribution in [0.25, 0.3) is 0 Å². The molecule has 0 amide bonds. The summed E-state index contributed by atoms with van der Waals surface area (Å²) in [7, 11) is 0. The highest BCUT2D eigenvalue weighted by Crippen LogP contribution is 2.39. The number of rotatable bonds is 7. The summed E-state index contributed by atoms with van der Waals surface area (Å²) in [4.78, 5) is 0. The van der Waals surface area contributed by atoms with E-state index in [1.165, 1.54) is 25.7 Å². The first-order valence-corrected chi connectivity index (χ1v) is 26.6. The van der Waals surface area contributed by atoms with E-state index >= 15 is 0 Å². The van der Waals surface area contributed by atoms with Crippen molar-refractivity contribution >= 4 is 0 Å². The van der Waals surface area contributed by atoms with Crippen LogP contribution in [0.15, 0.2) is 0 Å². The predicted octanol–water partition coefficient (Wildman–Crippen LogP) is -12.2. The van der Waals surface area contributed by atoms with Crippen LogP contribution in [0.4, 0.5) is 0 Å². The third-order valence-corrected chi connectivity index (χ3v) is 15.8. The van der Waals surface area contributed by atoms with Gasteiger partial charge >= 0.3 is 0 Å². The van der Waals surface area contributed by atoms with Gasteiger partial charge in [-0.2, -0.15) is 0 Å². The van der Waals surface area contributed by atoms with Crippen LogP contribution in [0.2, 0.25) is 0 Å². The Morgan fingerprint density at radius 1 is 0.185 bits per heavy atom. The van der Waals surface area contributed by atoms with E-state index in [0.29, 0.717) is 0 Å². The molecule has 21 saturated heterocycles. The van der Waals surface area contributed by atoms with E-state index < -0.39 is 261 Å². The fourth-order valence-corrected chi connectivity index (χ4v) is 10.7. The minimum atomic E-state index is -2.21. The highest BCUT2D eigenvalue weighted by molar-refractivity contribution is 5.01. The van der Waals surface area contributed by atoms with E-state index in [1.807, 2.05) is 0 Å². The monoisotopic (exact) mass is 1200 g/mol. The molecule has 35 atom stereocenters. The quantitative estimate of drug-likeness (QED) is 0.113. The molecule has 22 rings (SSSR count). The van der Waals surface area contributed by atoms with Crippen LogP contribution in [-0.2, 0) is 66.3 Å². The molecule has 0 aromatic heterocycles. The average Bonchev–Trinajstić information content (AvgIpc) is 2.06. The molecule has 35 unspecified atom stereocenters. The standard InChI is InChI=1S/C42H70O35.C4H8.6H2/c43-1-8-29-15(50)22(57)36(64-8)72-30-9(2-44)66-38(24(59)17(30)52)74-32-11(4-46)68-40(26(61)19(32)54)76-34-13(6-48)70-42(28(63)21(34)56)77-35-14(7-49)69-41(27(62)20(35)55)75-33-12(5-47)67-39(25(60)18(33)53)73-31-10(3-45)65-37(71-29)23(58)16(31)51;1-2-4-3-1;;;;;;/h8-63H,1-7H2;1-4H2;6*1H. The minimum absolute atomic E-state index is 0. The first-order chi connectivity index (χ1) is 38.7. The Morgan fingerprint density at radius 3 is 0.383 bits per heavy atom. The Labute approximate surface area is 468 Å². The van der Waals surface area contributed by atoms with Gasteiger partial charge in [0.15, 0.2) is 44.0 Å². The molecule has 81 heavy (non-hydrogen) atoms. The van der Waals surface area contributed by atoms with Gasteiger partial charge in [-0.15, -0.1) is 0 Å². The summed E-state index contributed by atoms with van der Waals surface area (Å²) in [5, 5.41) is 230. The molecule has 0 spiro atoms. The van der Waals surface area contributed by atoms with E-state index in [4.69, 9.17) is 66.3 Å². The van der Waals surface area contributed by atoms with Crippen molar-refractivity contribution < 1.29 is 182 Å². The third kappa shape index (κ3) is 13.5. The van der Waals surface area contributed by atoms with Crippen LogP contribution in [-0.4, -0.2) is 368 Å². The van der Waals surface area contributed by atoms with E-state index in [9.17, 15) is 107 Å². The highest BCUT2D eigenvalue weighted by atomic mass is 16.8. The van der Waals surface area contributed by atoms with Crippen molar-refractivity contribution in [3.8, 4) is 0 Å². The van der Waals surface area contributed by atoms with Crippen molar-refractivity contribution in [2.45, 2.75) is 241 Å². The molecule has 22 aliphatic rings. The molecule has 35 heteroatoms. The van der Waals surface area contributed by atoms with Crippen molar-refractivity contribution in [3.63, 3.8) is 0 Å². The number of aliphatic hydroxyl groups excluding tert-OH is 21. The molecule has 21 heterocycles. The molecule has 21 aliphatic heterocycles. The van der Waals surface area contributed by atoms with Crippen LogP contribution in [0.3, 0.4) is 0 Å². The second-order valence-electron chi connectivity index (χ2n) is 21.1. The van der Waals surface area contributed by atoms with Crippen LogP contribution >= 0.6 is 0 Å². The molecule has 35 nitrogen and oxygen atoms in total. The van der Waals surface area contributed by atoms with Gasteiger partial charge in [0.1, 0.15) is 171 Å². The fourth-order valence-electron chi connectivity index (χ4n) is 10.7. The third-order valence-electron chi connectivity index (χ3n) is 15.8. The zero-order chi connectivity index (χ0) is 58.9. The van der Waals surface area contributed by atoms with Gasteiger partial charge in [0.2, 0.25) is 0 Å². The van der Waals surface area contributed by atoms with Crippen molar-refractivity contribution in [1.29, 1.82) is 0 Å². The second kappa shape index (κ2) is 28.6. The van der Waals surface area contributed by atoms with Crippen LogP contribution in [0, 0.1) is 0 Å². The molecule has 1 aliphatic carbocycles. The second-order valence-corrected chi connectivity index (χ2v) is 21.1. The minimum Gasteiger partial charge on any atom is -0.394 e. The van der Waals surface area contributed by atoms with Crippen LogP contribution < -0.4 is 0 Å². The summed E-state index contributed by atoms with van der Waals surface area (Å²) >= 11 is 0. The molecule has 14 bridgehead atoms. The first-order valence-electron chi connectivity index (χ1n) is 26.6. The smallest absolute Gasteiger partial charge is 0.187 e. The first kappa shape index (κ1) is 65.6. The van der Waals surface area contributed by atoms with E-state index in [2.05, 4.69) is 0 Å². The van der Waals surface area contributed by atoms with Gasteiger partial charge in [-0.05, 0) is 0 Å². The zero-order valence-corrected chi connectivity index (χ0v) is 43.1. The van der Waals surface area contributed by atoms with Gasteiger partial charge in [-0.1, -0.05) is 25.7 Å². The summed E-state index contributed by atoms with van der Waals surface area (Å²) in [5.41, 5.74) is 0. The maximum atomic E-state index is 11.3. The maximum absolute atomic E-state index is 11.3. The van der Waals surface area contributed by atoms with Crippen LogP contribution in [0.5, 0.6) is 0 Å². The summed E-state index contributed by atoms with van der Waals surface area (Å²) < 4.78 is 79.5. The lowest BCUT2D eigenvalue weighted by Gasteiger charge is -2.50. The lowest BCUT2D eigenvalue weighted by molar-refractivity contribution is -0.396. The summed E-state index contributed by atoms with van der Waals surface area (Å²) in [5.74, 6) is 0. The summed E-state index contributed by atoms with van der Waals surface area (Å²) in [6.45, 7) is -7.33. The van der Waals surface area contributed by atoms with Gasteiger partial charge in [-0.25, -0.2) is 0 Å². The van der Waals surface area contributed by atoms with Crippen LogP contribution in [0.1, 0.15) is 34.2 Å². The molecule has 484 valence electrons. The van der Waals surface area contributed by atoms with Gasteiger partial charge in [0.25, 0.3) is 0 Å². The maximum Gasteiger partial charge on any atom is 0.187 e. The molecule has 0 radical (unpaired) electrons. The molecular formula is C46H90O35. The summed E-state index contributed by atoms with van der Waals surface area (Å²) in [6, 6.07) is 0. The molecule has 21 N–H and O–H groups in total. The van der Waals surface area contributed by atoms with Gasteiger partial charge in [-0.3, -0.25) is 0 Å². The number of ether oxygens (including phenoxy) is 14. The van der Waals surface area contributed by atoms with Crippen molar-refractivity contribution in [1.82, 2.24) is 0 Å². The number of hydrogen-bond donors (Lipinski definition) is 21. The normalized spacial score (nSPS) is 53.8. The van der Waals surface area contributed by atoms with Crippen molar-refractivity contribution in [3.05, 3.63) is 0 Å². The van der Waals surface area contributed by atoms with Crippen molar-refractivity contribution in [2.75, 3.05) is 46.2 Å². The van der Waals surface area contributed by atoms with Crippen molar-refractivity contribution in [2.24, 2.45) is 0 Å². The fraction of sp³-hybridized carbons (Fsp3) is 1.00. The van der Waals surface area contributed by atoms with Gasteiger partial charge < -0.3 is 174 Å². The zero-order valence-electron chi connectivity index (χ0n) is 43.1. The Bertz CT molecular complexity index is 1560. The Balaban J connectivity index is 0.00000248. The van der Waals surface area contributed by atoms with Gasteiger partial charge in [0, 0.05) is 8.56 Å². The molecule has 0 aromatic carbocycles. The Kier molecular flexibility index (Phi) is 23.2.